The SMILES string of the molecule is CCc1ccnn1Cc1ccc(C[C@H]2OC(=O)[C@H](CC(C)C)N(C)C(=O)[C@@H](C)OC(=O)[C@H](CC(C)C)N(C)C(=O)[C@@H](Cc3ccc(Cn4nccc4CC)cc3)OC(=O)[C@H](CC(C)C)N(C)C(=O)[C@@H](C)OC(=O)[C@H](CC(C)C)N(C)C2=O)cc1. The van der Waals surface area contributed by atoms with Gasteiger partial charge in [-0.1, -0.05) is 118 Å². The number of likely N-dealkylation sites (N-methyl/N-ethyl adjacent to an activating group) is 4. The molecule has 5 rings (SSSR count). The Balaban J connectivity index is 1.59. The molecule has 0 radical (unpaired) electrons. The average Bonchev–Trinajstić information content (AvgIpc) is 4.24. The maximum absolute atomic E-state index is 15.1. The van der Waals surface area contributed by atoms with Crippen molar-refractivity contribution < 1.29 is 57.3 Å². The molecule has 0 spiro atoms. The highest BCUT2D eigenvalue weighted by atomic mass is 16.6. The summed E-state index contributed by atoms with van der Waals surface area (Å²) in [6, 6.07) is 13.6. The number of rotatable bonds is 18. The van der Waals surface area contributed by atoms with Gasteiger partial charge in [-0.15, -0.1) is 0 Å². The van der Waals surface area contributed by atoms with Gasteiger partial charge >= 0.3 is 23.9 Å². The molecule has 84 heavy (non-hydrogen) atoms. The number of ether oxygens (including phenoxy) is 4. The first-order valence-corrected chi connectivity index (χ1v) is 29.7. The summed E-state index contributed by atoms with van der Waals surface area (Å²) in [5.74, 6) is -7.39. The number of carbonyl (C=O) groups is 8. The van der Waals surface area contributed by atoms with E-state index in [0.29, 0.717) is 24.2 Å². The third kappa shape index (κ3) is 18.3. The highest BCUT2D eigenvalue weighted by molar-refractivity contribution is 5.94. The van der Waals surface area contributed by atoms with E-state index in [1.54, 1.807) is 12.4 Å². The molecule has 0 unspecified atom stereocenters. The van der Waals surface area contributed by atoms with E-state index in [2.05, 4.69) is 10.2 Å². The topological polar surface area (TPSA) is 222 Å². The largest absolute Gasteiger partial charge is 0.451 e. The Hall–Kier alpha value is -7.38. The number of nitrogens with zero attached hydrogens (tertiary/aromatic N) is 8. The van der Waals surface area contributed by atoms with Crippen LogP contribution >= 0.6 is 0 Å². The van der Waals surface area contributed by atoms with Crippen molar-refractivity contribution in [1.29, 1.82) is 0 Å². The normalized spacial score (nSPS) is 22.7. The molecule has 460 valence electrons. The van der Waals surface area contributed by atoms with Gasteiger partial charge in [-0.3, -0.25) is 28.5 Å². The van der Waals surface area contributed by atoms with Crippen molar-refractivity contribution >= 4 is 47.5 Å². The van der Waals surface area contributed by atoms with Crippen LogP contribution in [-0.2, 0) is 96.1 Å². The highest BCUT2D eigenvalue weighted by Crippen LogP contribution is 2.25. The van der Waals surface area contributed by atoms with Crippen LogP contribution in [0, 0.1) is 23.7 Å². The first kappa shape index (κ1) is 67.4. The second-order valence-corrected chi connectivity index (χ2v) is 24.1. The first-order valence-electron chi connectivity index (χ1n) is 29.7. The Morgan fingerprint density at radius 3 is 0.929 bits per heavy atom. The number of esters is 4. The summed E-state index contributed by atoms with van der Waals surface area (Å²) in [7, 11) is 5.60. The van der Waals surface area contributed by atoms with Crippen LogP contribution in [-0.4, -0.2) is 163 Å². The third-order valence-corrected chi connectivity index (χ3v) is 15.4. The van der Waals surface area contributed by atoms with Crippen molar-refractivity contribution in [3.8, 4) is 0 Å². The van der Waals surface area contributed by atoms with Crippen LogP contribution in [0.5, 0.6) is 0 Å². The summed E-state index contributed by atoms with van der Waals surface area (Å²) in [5.41, 5.74) is 5.23. The lowest BCUT2D eigenvalue weighted by atomic mass is 9.99. The smallest absolute Gasteiger partial charge is 0.329 e. The molecule has 4 aromatic rings. The molecule has 1 aliphatic rings. The Labute approximate surface area is 496 Å². The molecule has 2 aromatic heterocycles. The fourth-order valence-corrected chi connectivity index (χ4v) is 10.4. The van der Waals surface area contributed by atoms with Crippen molar-refractivity contribution in [2.75, 3.05) is 28.2 Å². The van der Waals surface area contributed by atoms with Crippen LogP contribution in [0.15, 0.2) is 73.1 Å². The molecule has 1 aliphatic heterocycles. The molecule has 0 aliphatic carbocycles. The van der Waals surface area contributed by atoms with E-state index in [1.807, 2.05) is 139 Å². The lowest BCUT2D eigenvalue weighted by molar-refractivity contribution is -0.176. The van der Waals surface area contributed by atoms with E-state index in [0.717, 1.165) is 45.2 Å². The Morgan fingerprint density at radius 2 is 0.655 bits per heavy atom. The van der Waals surface area contributed by atoms with Crippen molar-refractivity contribution in [3.05, 3.63) is 107 Å². The summed E-state index contributed by atoms with van der Waals surface area (Å²) in [6.45, 7) is 22.7. The number of aryl methyl sites for hydroxylation is 2. The van der Waals surface area contributed by atoms with Gasteiger partial charge in [-0.25, -0.2) is 19.2 Å². The van der Waals surface area contributed by atoms with Gasteiger partial charge in [0, 0.05) is 64.8 Å². The van der Waals surface area contributed by atoms with Gasteiger partial charge in [-0.05, 0) is 110 Å². The summed E-state index contributed by atoms with van der Waals surface area (Å²) >= 11 is 0. The molecule has 1 saturated heterocycles. The van der Waals surface area contributed by atoms with Gasteiger partial charge in [0.1, 0.15) is 24.2 Å². The van der Waals surface area contributed by atoms with Gasteiger partial charge in [0.2, 0.25) is 0 Å². The van der Waals surface area contributed by atoms with Gasteiger partial charge in [0.25, 0.3) is 23.6 Å². The van der Waals surface area contributed by atoms with Gasteiger partial charge in [0.15, 0.2) is 24.4 Å². The summed E-state index contributed by atoms with van der Waals surface area (Å²) in [4.78, 5) is 122. The minimum Gasteiger partial charge on any atom is -0.451 e. The van der Waals surface area contributed by atoms with Crippen molar-refractivity contribution in [2.45, 2.75) is 196 Å². The Kier molecular flexibility index (Phi) is 24.8. The second-order valence-electron chi connectivity index (χ2n) is 24.1. The standard InChI is InChI=1S/C64H92N8O12/c1-17-49-27-29-65-71(49)37-47-23-19-45(20-24-47)35-55-59(75)69(15)51(31-39(3)4)61(77)81-44(12)58(74)68(14)54(34-42(9)10)64(80)84-56(36-46-21-25-48(26-22-46)38-72-50(18-2)28-30-66-72)60(76)70(16)52(32-40(5)6)62(78)82-43(11)57(73)67(13)53(33-41(7)8)63(79)83-55/h19-30,39-44,51-56H,17-18,31-38H2,1-16H3/t43-,44-,51+,52+,53+,54+,55-,56-/m1/s1. The maximum atomic E-state index is 15.1. The van der Waals surface area contributed by atoms with Crippen LogP contribution in [0.4, 0.5) is 0 Å². The predicted molar refractivity (Wildman–Crippen MR) is 317 cm³/mol. The lowest BCUT2D eigenvalue weighted by Gasteiger charge is -2.35. The number of cyclic esters (lactones) is 4. The lowest BCUT2D eigenvalue weighted by Crippen LogP contribution is -2.55. The first-order chi connectivity index (χ1) is 39.6. The average molecular weight is 1170 g/mol. The van der Waals surface area contributed by atoms with E-state index in [1.165, 1.54) is 51.8 Å². The maximum Gasteiger partial charge on any atom is 0.329 e. The molecule has 0 bridgehead atoms. The highest BCUT2D eigenvalue weighted by Gasteiger charge is 2.43. The van der Waals surface area contributed by atoms with Gasteiger partial charge in [-0.2, -0.15) is 10.2 Å². The molecule has 20 nitrogen and oxygen atoms in total. The molecular weight excluding hydrogens is 1070 g/mol. The van der Waals surface area contributed by atoms with E-state index < -0.39 is 96.1 Å². The molecule has 1 fully saturated rings. The van der Waals surface area contributed by atoms with E-state index in [9.17, 15) is 28.8 Å². The van der Waals surface area contributed by atoms with E-state index in [4.69, 9.17) is 18.9 Å². The van der Waals surface area contributed by atoms with Crippen LogP contribution in [0.1, 0.15) is 142 Å². The van der Waals surface area contributed by atoms with Crippen LogP contribution < -0.4 is 0 Å². The van der Waals surface area contributed by atoms with Crippen molar-refractivity contribution in [2.24, 2.45) is 23.7 Å². The summed E-state index contributed by atoms with van der Waals surface area (Å²) in [6.07, 6.45) is -0.871. The molecule has 4 amide bonds. The zero-order chi connectivity index (χ0) is 62.3. The fraction of sp³-hybridized carbons (Fsp3) is 0.594. The number of carbonyl (C=O) groups excluding carboxylic acids is 8. The van der Waals surface area contributed by atoms with E-state index in [-0.39, 0.29) is 62.2 Å². The molecular formula is C64H92N8O12. The second kappa shape index (κ2) is 31.0. The number of amides is 4. The van der Waals surface area contributed by atoms with Crippen LogP contribution in [0.2, 0.25) is 0 Å². The third-order valence-electron chi connectivity index (χ3n) is 15.4. The molecule has 8 atom stereocenters. The monoisotopic (exact) mass is 1160 g/mol. The molecule has 3 heterocycles. The summed E-state index contributed by atoms with van der Waals surface area (Å²) < 4.78 is 28.1. The number of hydrogen-bond donors (Lipinski definition) is 0. The van der Waals surface area contributed by atoms with Crippen LogP contribution in [0.3, 0.4) is 0 Å². The number of hydrogen-bond acceptors (Lipinski definition) is 14. The zero-order valence-electron chi connectivity index (χ0n) is 52.4. The van der Waals surface area contributed by atoms with Crippen molar-refractivity contribution in [1.82, 2.24) is 39.2 Å². The molecule has 0 saturated carbocycles. The Morgan fingerprint density at radius 1 is 0.393 bits per heavy atom. The predicted octanol–water partition coefficient (Wildman–Crippen LogP) is 7.28. The van der Waals surface area contributed by atoms with E-state index >= 15 is 9.59 Å². The zero-order valence-corrected chi connectivity index (χ0v) is 52.4. The number of aromatic nitrogens is 4. The molecule has 2 aromatic carbocycles. The van der Waals surface area contributed by atoms with Gasteiger partial charge < -0.3 is 38.5 Å². The molecule has 20 heteroatoms. The minimum atomic E-state index is -1.53. The van der Waals surface area contributed by atoms with Crippen LogP contribution in [0.25, 0.3) is 0 Å². The number of benzene rings is 2. The minimum absolute atomic E-state index is 0.0846. The van der Waals surface area contributed by atoms with Gasteiger partial charge in [0.05, 0.1) is 13.1 Å². The molecule has 0 N–H and O–H groups in total. The summed E-state index contributed by atoms with van der Waals surface area (Å²) in [5, 5.41) is 8.90. The quantitative estimate of drug-likeness (QED) is 0.0706. The van der Waals surface area contributed by atoms with Crippen molar-refractivity contribution in [3.63, 3.8) is 0 Å². The fourth-order valence-electron chi connectivity index (χ4n) is 10.4. The Bertz CT molecular complexity index is 2650.